The fraction of sp³-hybridized carbons (Fsp3) is 0.333. The molecule has 0 spiro atoms. The molecule has 0 fully saturated rings. The largest absolute Gasteiger partial charge is 0.275 e. The van der Waals surface area contributed by atoms with Crippen LogP contribution < -0.4 is 0 Å². The van der Waals surface area contributed by atoms with Crippen molar-refractivity contribution in [2.24, 2.45) is 7.05 Å². The van der Waals surface area contributed by atoms with Crippen molar-refractivity contribution in [2.45, 2.75) is 10.8 Å². The predicted octanol–water partition coefficient (Wildman–Crippen LogP) is 1.35. The van der Waals surface area contributed by atoms with E-state index in [4.69, 9.17) is 11.6 Å². The SMILES string of the molecule is CN(Cc1cnn(C)c1)S(=O)(=O)c1cnc(Cl)s1. The molecule has 18 heavy (non-hydrogen) atoms. The lowest BCUT2D eigenvalue weighted by molar-refractivity contribution is 0.468. The molecular formula is C9H11ClN4O2S2. The zero-order valence-corrected chi connectivity index (χ0v) is 12.1. The van der Waals surface area contributed by atoms with Gasteiger partial charge in [0, 0.05) is 32.4 Å². The summed E-state index contributed by atoms with van der Waals surface area (Å²) in [5.41, 5.74) is 0.819. The molecule has 6 nitrogen and oxygen atoms in total. The number of aromatic nitrogens is 3. The van der Waals surface area contributed by atoms with Gasteiger partial charge in [0.1, 0.15) is 0 Å². The van der Waals surface area contributed by atoms with Gasteiger partial charge in [-0.3, -0.25) is 4.68 Å². The number of rotatable bonds is 4. The second kappa shape index (κ2) is 4.96. The summed E-state index contributed by atoms with van der Waals surface area (Å²) >= 11 is 6.59. The van der Waals surface area contributed by atoms with E-state index in [2.05, 4.69) is 10.1 Å². The third-order valence-electron chi connectivity index (χ3n) is 2.28. The number of hydrogen-bond donors (Lipinski definition) is 0. The fourth-order valence-electron chi connectivity index (χ4n) is 1.41. The second-order valence-electron chi connectivity index (χ2n) is 3.72. The lowest BCUT2D eigenvalue weighted by Crippen LogP contribution is -2.25. The van der Waals surface area contributed by atoms with Gasteiger partial charge in [-0.15, -0.1) is 0 Å². The first-order valence-corrected chi connectivity index (χ1v) is 7.58. The lowest BCUT2D eigenvalue weighted by atomic mass is 10.4. The van der Waals surface area contributed by atoms with Crippen molar-refractivity contribution in [1.29, 1.82) is 0 Å². The topological polar surface area (TPSA) is 68.1 Å². The van der Waals surface area contributed by atoms with E-state index in [1.807, 2.05) is 0 Å². The summed E-state index contributed by atoms with van der Waals surface area (Å²) in [6.45, 7) is 0.256. The predicted molar refractivity (Wildman–Crippen MR) is 69.0 cm³/mol. The first kappa shape index (κ1) is 13.5. The Labute approximate surface area is 114 Å². The van der Waals surface area contributed by atoms with Crippen LogP contribution in [-0.4, -0.2) is 34.5 Å². The smallest absolute Gasteiger partial charge is 0.254 e. The van der Waals surface area contributed by atoms with E-state index in [9.17, 15) is 8.42 Å². The molecule has 0 bridgehead atoms. The number of thiazole rings is 1. The lowest BCUT2D eigenvalue weighted by Gasteiger charge is -2.14. The molecule has 2 rings (SSSR count). The van der Waals surface area contributed by atoms with E-state index in [1.54, 1.807) is 24.1 Å². The normalized spacial score (nSPS) is 12.2. The molecular weight excluding hydrogens is 296 g/mol. The van der Waals surface area contributed by atoms with E-state index in [1.165, 1.54) is 17.5 Å². The number of nitrogens with zero attached hydrogens (tertiary/aromatic N) is 4. The molecule has 0 amide bonds. The fourth-order valence-corrected chi connectivity index (χ4v) is 4.07. The maximum absolute atomic E-state index is 12.2. The molecule has 0 aliphatic rings. The number of sulfonamides is 1. The van der Waals surface area contributed by atoms with Crippen molar-refractivity contribution in [3.8, 4) is 0 Å². The van der Waals surface area contributed by atoms with Gasteiger partial charge >= 0.3 is 0 Å². The number of halogens is 1. The Morgan fingerprint density at radius 3 is 2.72 bits per heavy atom. The van der Waals surface area contributed by atoms with Gasteiger partial charge in [0.2, 0.25) is 0 Å². The van der Waals surface area contributed by atoms with Crippen LogP contribution in [0.25, 0.3) is 0 Å². The van der Waals surface area contributed by atoms with Crippen LogP contribution in [0.1, 0.15) is 5.56 Å². The molecule has 0 radical (unpaired) electrons. The Hall–Kier alpha value is -0.960. The molecule has 0 aromatic carbocycles. The standard InChI is InChI=1S/C9H11ClN4O2S2/c1-13-5-7(3-12-13)6-14(2)18(15,16)8-4-11-9(10)17-8/h3-5H,6H2,1-2H3. The van der Waals surface area contributed by atoms with Crippen LogP contribution in [0, 0.1) is 0 Å². The zero-order valence-electron chi connectivity index (χ0n) is 9.74. The Morgan fingerprint density at radius 1 is 1.50 bits per heavy atom. The highest BCUT2D eigenvalue weighted by molar-refractivity contribution is 7.91. The van der Waals surface area contributed by atoms with Crippen LogP contribution in [0.15, 0.2) is 22.8 Å². The van der Waals surface area contributed by atoms with Crippen molar-refractivity contribution >= 4 is 33.0 Å². The molecule has 98 valence electrons. The summed E-state index contributed by atoms with van der Waals surface area (Å²) < 4.78 is 27.6. The Bertz CT molecular complexity index is 649. The van der Waals surface area contributed by atoms with Crippen LogP contribution in [0.5, 0.6) is 0 Å². The van der Waals surface area contributed by atoms with E-state index in [-0.39, 0.29) is 15.2 Å². The van der Waals surface area contributed by atoms with Gasteiger partial charge in [-0.1, -0.05) is 22.9 Å². The van der Waals surface area contributed by atoms with E-state index >= 15 is 0 Å². The number of hydrogen-bond acceptors (Lipinski definition) is 5. The van der Waals surface area contributed by atoms with Crippen molar-refractivity contribution in [2.75, 3.05) is 7.05 Å². The average molecular weight is 307 g/mol. The van der Waals surface area contributed by atoms with Crippen molar-refractivity contribution in [3.63, 3.8) is 0 Å². The highest BCUT2D eigenvalue weighted by Crippen LogP contribution is 2.25. The van der Waals surface area contributed by atoms with Gasteiger partial charge in [-0.05, 0) is 0 Å². The molecule has 0 saturated heterocycles. The third-order valence-corrected chi connectivity index (χ3v) is 5.64. The van der Waals surface area contributed by atoms with Crippen molar-refractivity contribution < 1.29 is 8.42 Å². The van der Waals surface area contributed by atoms with Gasteiger partial charge < -0.3 is 0 Å². The van der Waals surface area contributed by atoms with Crippen LogP contribution >= 0.6 is 22.9 Å². The molecule has 9 heteroatoms. The summed E-state index contributed by atoms with van der Waals surface area (Å²) in [7, 11) is -0.251. The molecule has 2 aromatic rings. The van der Waals surface area contributed by atoms with E-state index in [0.717, 1.165) is 16.9 Å². The van der Waals surface area contributed by atoms with Crippen molar-refractivity contribution in [3.05, 3.63) is 28.6 Å². The minimum absolute atomic E-state index is 0.138. The first-order chi connectivity index (χ1) is 8.39. The Morgan fingerprint density at radius 2 is 2.22 bits per heavy atom. The highest BCUT2D eigenvalue weighted by atomic mass is 35.5. The van der Waals surface area contributed by atoms with Gasteiger partial charge in [-0.25, -0.2) is 13.4 Å². The van der Waals surface area contributed by atoms with Gasteiger partial charge in [0.25, 0.3) is 10.0 Å². The second-order valence-corrected chi connectivity index (χ2v) is 7.60. The van der Waals surface area contributed by atoms with Crippen LogP contribution in [0.2, 0.25) is 4.47 Å². The highest BCUT2D eigenvalue weighted by Gasteiger charge is 2.23. The molecule has 0 aliphatic carbocycles. The molecule has 0 N–H and O–H groups in total. The van der Waals surface area contributed by atoms with E-state index < -0.39 is 10.0 Å². The Balaban J connectivity index is 2.20. The van der Waals surface area contributed by atoms with Gasteiger partial charge in [0.15, 0.2) is 8.68 Å². The maximum Gasteiger partial charge on any atom is 0.254 e. The van der Waals surface area contributed by atoms with Crippen LogP contribution in [-0.2, 0) is 23.6 Å². The van der Waals surface area contributed by atoms with Crippen LogP contribution in [0.3, 0.4) is 0 Å². The molecule has 0 aliphatic heterocycles. The van der Waals surface area contributed by atoms with Gasteiger partial charge in [0.05, 0.1) is 12.4 Å². The molecule has 0 atom stereocenters. The molecule has 0 saturated carbocycles. The zero-order chi connectivity index (χ0) is 13.3. The third kappa shape index (κ3) is 2.72. The molecule has 2 heterocycles. The minimum Gasteiger partial charge on any atom is -0.275 e. The first-order valence-electron chi connectivity index (χ1n) is 4.95. The van der Waals surface area contributed by atoms with Crippen molar-refractivity contribution in [1.82, 2.24) is 19.1 Å². The monoisotopic (exact) mass is 306 g/mol. The average Bonchev–Trinajstić information content (AvgIpc) is 2.88. The van der Waals surface area contributed by atoms with Gasteiger partial charge in [-0.2, -0.15) is 9.40 Å². The summed E-state index contributed by atoms with van der Waals surface area (Å²) in [5, 5.41) is 3.99. The summed E-state index contributed by atoms with van der Waals surface area (Å²) in [5.74, 6) is 0. The summed E-state index contributed by atoms with van der Waals surface area (Å²) in [4.78, 5) is 3.74. The van der Waals surface area contributed by atoms with Crippen LogP contribution in [0.4, 0.5) is 0 Å². The Kier molecular flexibility index (Phi) is 3.71. The molecule has 0 unspecified atom stereocenters. The summed E-state index contributed by atoms with van der Waals surface area (Å²) in [6, 6.07) is 0. The quantitative estimate of drug-likeness (QED) is 0.855. The maximum atomic E-state index is 12.2. The number of aryl methyl sites for hydroxylation is 1. The molecule has 2 aromatic heterocycles. The summed E-state index contributed by atoms with van der Waals surface area (Å²) in [6.07, 6.45) is 4.67. The van der Waals surface area contributed by atoms with E-state index in [0.29, 0.717) is 0 Å². The minimum atomic E-state index is -3.54.